The molecule has 1 amide bonds. The van der Waals surface area contributed by atoms with Crippen molar-refractivity contribution in [3.05, 3.63) is 42.0 Å². The number of carboxylic acid groups (broad SMARTS) is 1. The van der Waals surface area contributed by atoms with Crippen molar-refractivity contribution in [1.82, 2.24) is 10.2 Å². The third-order valence-corrected chi connectivity index (χ3v) is 5.04. The van der Waals surface area contributed by atoms with Gasteiger partial charge in [-0.3, -0.25) is 9.59 Å². The summed E-state index contributed by atoms with van der Waals surface area (Å²) in [5, 5.41) is 12.9. The molecular weight excluding hydrogens is 292 g/mol. The zero-order valence-electron chi connectivity index (χ0n) is 13.1. The lowest BCUT2D eigenvalue weighted by Crippen LogP contribution is -2.63. The van der Waals surface area contributed by atoms with Crippen LogP contribution in [0, 0.1) is 5.41 Å². The van der Waals surface area contributed by atoms with Crippen LogP contribution in [0.15, 0.2) is 36.4 Å². The smallest absolute Gasteiger partial charge is 0.311 e. The molecule has 23 heavy (non-hydrogen) atoms. The Labute approximate surface area is 136 Å². The van der Waals surface area contributed by atoms with Crippen molar-refractivity contribution < 1.29 is 14.7 Å². The van der Waals surface area contributed by atoms with Gasteiger partial charge in [0.15, 0.2) is 0 Å². The zero-order chi connectivity index (χ0) is 16.3. The van der Waals surface area contributed by atoms with Crippen molar-refractivity contribution >= 4 is 18.0 Å². The number of hydrogen-bond donors (Lipinski definition) is 2. The van der Waals surface area contributed by atoms with Crippen LogP contribution in [0.2, 0.25) is 0 Å². The number of amides is 1. The molecule has 122 valence electrons. The third-order valence-electron chi connectivity index (χ3n) is 5.04. The molecule has 0 aromatic heterocycles. The molecule has 0 unspecified atom stereocenters. The van der Waals surface area contributed by atoms with Crippen LogP contribution in [0.3, 0.4) is 0 Å². The van der Waals surface area contributed by atoms with Gasteiger partial charge in [0, 0.05) is 25.2 Å². The summed E-state index contributed by atoms with van der Waals surface area (Å²) < 4.78 is 0. The van der Waals surface area contributed by atoms with Crippen molar-refractivity contribution in [2.75, 3.05) is 19.6 Å². The number of carboxylic acids is 1. The Hall–Kier alpha value is -2.14. The average molecular weight is 314 g/mol. The lowest BCUT2D eigenvalue weighted by Gasteiger charge is -2.48. The van der Waals surface area contributed by atoms with E-state index >= 15 is 0 Å². The number of carbonyl (C=O) groups excluding carboxylic acids is 1. The summed E-state index contributed by atoms with van der Waals surface area (Å²) in [6.45, 7) is 1.79. The van der Waals surface area contributed by atoms with Gasteiger partial charge < -0.3 is 15.3 Å². The highest BCUT2D eigenvalue weighted by atomic mass is 16.4. The van der Waals surface area contributed by atoms with Gasteiger partial charge in [-0.2, -0.15) is 0 Å². The van der Waals surface area contributed by atoms with E-state index in [1.54, 1.807) is 17.1 Å². The van der Waals surface area contributed by atoms with Gasteiger partial charge in [0.1, 0.15) is 0 Å². The van der Waals surface area contributed by atoms with Crippen LogP contribution in [0.5, 0.6) is 0 Å². The van der Waals surface area contributed by atoms with Crippen LogP contribution in [-0.4, -0.2) is 47.6 Å². The molecule has 3 rings (SSSR count). The summed E-state index contributed by atoms with van der Waals surface area (Å²) in [7, 11) is 0. The lowest BCUT2D eigenvalue weighted by atomic mass is 9.69. The monoisotopic (exact) mass is 314 g/mol. The lowest BCUT2D eigenvalue weighted by molar-refractivity contribution is -0.158. The molecule has 0 radical (unpaired) electrons. The van der Waals surface area contributed by atoms with E-state index in [-0.39, 0.29) is 11.9 Å². The van der Waals surface area contributed by atoms with E-state index < -0.39 is 11.4 Å². The number of hydrogen-bond acceptors (Lipinski definition) is 3. The molecule has 0 saturated carbocycles. The second kappa shape index (κ2) is 6.54. The van der Waals surface area contributed by atoms with Crippen LogP contribution in [0.25, 0.3) is 6.08 Å². The minimum absolute atomic E-state index is 0.0554. The van der Waals surface area contributed by atoms with Crippen molar-refractivity contribution in [2.24, 2.45) is 5.41 Å². The maximum atomic E-state index is 12.4. The minimum Gasteiger partial charge on any atom is -0.481 e. The predicted molar refractivity (Wildman–Crippen MR) is 87.8 cm³/mol. The fraction of sp³-hybridized carbons (Fsp3) is 0.444. The third kappa shape index (κ3) is 3.15. The van der Waals surface area contributed by atoms with Gasteiger partial charge in [-0.05, 0) is 37.4 Å². The predicted octanol–water partition coefficient (Wildman–Crippen LogP) is 1.76. The van der Waals surface area contributed by atoms with E-state index in [9.17, 15) is 14.7 Å². The van der Waals surface area contributed by atoms with Gasteiger partial charge in [0.25, 0.3) is 0 Å². The maximum Gasteiger partial charge on any atom is 0.311 e. The first kappa shape index (κ1) is 15.7. The first-order valence-corrected chi connectivity index (χ1v) is 8.11. The maximum absolute atomic E-state index is 12.4. The van der Waals surface area contributed by atoms with E-state index in [0.29, 0.717) is 25.9 Å². The standard InChI is InChI=1S/C18H22N2O3/c21-16(8-7-14-5-2-1-3-6-14)20-12-10-18(17(22)23)9-4-11-19-15(18)13-20/h1-3,5-8,15,19H,4,9-13H2,(H,22,23)/b8-7+/t15-,18+/m1/s1. The first-order chi connectivity index (χ1) is 11.1. The number of nitrogens with one attached hydrogen (secondary N) is 1. The summed E-state index contributed by atoms with van der Waals surface area (Å²) in [6.07, 6.45) is 5.47. The summed E-state index contributed by atoms with van der Waals surface area (Å²) in [5.41, 5.74) is 0.270. The quantitative estimate of drug-likeness (QED) is 0.834. The molecule has 0 aliphatic carbocycles. The van der Waals surface area contributed by atoms with Gasteiger partial charge >= 0.3 is 5.97 Å². The molecule has 2 aliphatic rings. The van der Waals surface area contributed by atoms with Crippen LogP contribution in [-0.2, 0) is 9.59 Å². The Bertz CT molecular complexity index is 614. The van der Waals surface area contributed by atoms with Crippen LogP contribution < -0.4 is 5.32 Å². The zero-order valence-corrected chi connectivity index (χ0v) is 13.1. The minimum atomic E-state index is -0.735. The second-order valence-corrected chi connectivity index (χ2v) is 6.35. The van der Waals surface area contributed by atoms with Crippen molar-refractivity contribution in [3.63, 3.8) is 0 Å². The first-order valence-electron chi connectivity index (χ1n) is 8.11. The van der Waals surface area contributed by atoms with Gasteiger partial charge in [0.2, 0.25) is 5.91 Å². The number of piperidine rings is 2. The number of carbonyl (C=O) groups is 2. The molecule has 2 aliphatic heterocycles. The molecule has 2 saturated heterocycles. The number of rotatable bonds is 3. The molecule has 2 fully saturated rings. The summed E-state index contributed by atoms with van der Waals surface area (Å²) in [6, 6.07) is 9.52. The Balaban J connectivity index is 1.68. The highest BCUT2D eigenvalue weighted by molar-refractivity contribution is 5.92. The molecular formula is C18H22N2O3. The fourth-order valence-corrected chi connectivity index (χ4v) is 3.63. The molecule has 5 heteroatoms. The van der Waals surface area contributed by atoms with Gasteiger partial charge in [-0.15, -0.1) is 0 Å². The van der Waals surface area contributed by atoms with Crippen LogP contribution in [0.1, 0.15) is 24.8 Å². The van der Waals surface area contributed by atoms with E-state index in [2.05, 4.69) is 5.32 Å². The Kier molecular flexibility index (Phi) is 4.48. The van der Waals surface area contributed by atoms with E-state index in [4.69, 9.17) is 0 Å². The number of nitrogens with zero attached hydrogens (tertiary/aromatic N) is 1. The molecule has 0 bridgehead atoms. The molecule has 2 atom stereocenters. The topological polar surface area (TPSA) is 69.6 Å². The second-order valence-electron chi connectivity index (χ2n) is 6.35. The fourth-order valence-electron chi connectivity index (χ4n) is 3.63. The summed E-state index contributed by atoms with van der Waals surface area (Å²) in [4.78, 5) is 25.9. The van der Waals surface area contributed by atoms with Gasteiger partial charge in [0.05, 0.1) is 5.41 Å². The van der Waals surface area contributed by atoms with Crippen molar-refractivity contribution in [2.45, 2.75) is 25.3 Å². The van der Waals surface area contributed by atoms with E-state index in [1.165, 1.54) is 0 Å². The molecule has 0 spiro atoms. The average Bonchev–Trinajstić information content (AvgIpc) is 2.60. The van der Waals surface area contributed by atoms with Gasteiger partial charge in [-0.1, -0.05) is 30.3 Å². The number of benzene rings is 1. The highest BCUT2D eigenvalue weighted by Gasteiger charge is 2.50. The molecule has 1 aromatic carbocycles. The summed E-state index contributed by atoms with van der Waals surface area (Å²) in [5.74, 6) is -0.790. The Morgan fingerprint density at radius 2 is 2.04 bits per heavy atom. The summed E-state index contributed by atoms with van der Waals surface area (Å²) >= 11 is 0. The molecule has 2 N–H and O–H groups in total. The molecule has 5 nitrogen and oxygen atoms in total. The highest BCUT2D eigenvalue weighted by Crippen LogP contribution is 2.39. The van der Waals surface area contributed by atoms with Crippen molar-refractivity contribution in [1.29, 1.82) is 0 Å². The number of likely N-dealkylation sites (tertiary alicyclic amines) is 1. The van der Waals surface area contributed by atoms with Crippen LogP contribution >= 0.6 is 0 Å². The Morgan fingerprint density at radius 1 is 1.26 bits per heavy atom. The number of aliphatic carboxylic acids is 1. The SMILES string of the molecule is O=C(/C=C/c1ccccc1)N1CC[C@@]2(C(=O)O)CCCN[C@@H]2C1. The molecule has 1 aromatic rings. The Morgan fingerprint density at radius 3 is 2.78 bits per heavy atom. The largest absolute Gasteiger partial charge is 0.481 e. The normalized spacial score (nSPS) is 27.7. The van der Waals surface area contributed by atoms with E-state index in [0.717, 1.165) is 18.5 Å². The van der Waals surface area contributed by atoms with Crippen molar-refractivity contribution in [3.8, 4) is 0 Å². The number of fused-ring (bicyclic) bond motifs is 1. The molecule has 2 heterocycles. The van der Waals surface area contributed by atoms with E-state index in [1.807, 2.05) is 30.3 Å². The van der Waals surface area contributed by atoms with Gasteiger partial charge in [-0.25, -0.2) is 0 Å². The van der Waals surface area contributed by atoms with Crippen LogP contribution in [0.4, 0.5) is 0 Å².